The number of amides is 1. The molecule has 0 bridgehead atoms. The van der Waals surface area contributed by atoms with Crippen molar-refractivity contribution in [2.24, 2.45) is 10.9 Å². The molecule has 24 heavy (non-hydrogen) atoms. The minimum Gasteiger partial charge on any atom is -0.360 e. The summed E-state index contributed by atoms with van der Waals surface area (Å²) >= 11 is 1.80. The van der Waals surface area contributed by atoms with Crippen LogP contribution in [0.5, 0.6) is 0 Å². The third-order valence-electron chi connectivity index (χ3n) is 4.35. The maximum atomic E-state index is 11.6. The molecule has 132 valence electrons. The molecule has 1 aliphatic carbocycles. The van der Waals surface area contributed by atoms with Gasteiger partial charge in [-0.1, -0.05) is 0 Å². The summed E-state index contributed by atoms with van der Waals surface area (Å²) in [5, 5.41) is 9.82. The first kappa shape index (κ1) is 17.1. The van der Waals surface area contributed by atoms with Gasteiger partial charge in [0.2, 0.25) is 5.91 Å². The van der Waals surface area contributed by atoms with Crippen molar-refractivity contribution in [1.82, 2.24) is 15.5 Å². The Hall–Kier alpha value is -1.76. The highest BCUT2D eigenvalue weighted by molar-refractivity contribution is 7.14. The van der Waals surface area contributed by atoms with E-state index in [2.05, 4.69) is 49.9 Å². The van der Waals surface area contributed by atoms with Crippen molar-refractivity contribution in [2.45, 2.75) is 19.8 Å². The van der Waals surface area contributed by atoms with Gasteiger partial charge >= 0.3 is 0 Å². The largest absolute Gasteiger partial charge is 0.360 e. The number of piperazine rings is 1. The van der Waals surface area contributed by atoms with E-state index in [9.17, 15) is 4.79 Å². The maximum Gasteiger partial charge on any atom is 0.223 e. The van der Waals surface area contributed by atoms with Gasteiger partial charge in [-0.25, -0.2) is 0 Å². The van der Waals surface area contributed by atoms with Crippen LogP contribution in [-0.4, -0.2) is 62.6 Å². The van der Waals surface area contributed by atoms with Gasteiger partial charge in [0.1, 0.15) is 0 Å². The second kappa shape index (κ2) is 8.37. The van der Waals surface area contributed by atoms with Crippen LogP contribution in [0.25, 0.3) is 0 Å². The Labute approximate surface area is 147 Å². The molecule has 2 aliphatic rings. The highest BCUT2D eigenvalue weighted by Gasteiger charge is 2.29. The summed E-state index contributed by atoms with van der Waals surface area (Å²) in [6, 6.07) is 4.29. The number of nitrogens with zero attached hydrogens (tertiary/aromatic N) is 3. The van der Waals surface area contributed by atoms with Gasteiger partial charge in [0.05, 0.1) is 11.5 Å². The molecule has 7 heteroatoms. The van der Waals surface area contributed by atoms with Crippen molar-refractivity contribution in [1.29, 1.82) is 0 Å². The van der Waals surface area contributed by atoms with Crippen LogP contribution in [0.2, 0.25) is 0 Å². The Morgan fingerprint density at radius 2 is 2.08 bits per heavy atom. The van der Waals surface area contributed by atoms with Crippen molar-refractivity contribution < 1.29 is 4.79 Å². The normalized spacial score (nSPS) is 18.6. The average molecular weight is 350 g/mol. The van der Waals surface area contributed by atoms with Gasteiger partial charge in [0, 0.05) is 45.2 Å². The van der Waals surface area contributed by atoms with Crippen molar-refractivity contribution in [3.8, 4) is 0 Å². The molecular formula is C17H27N5OS. The number of aliphatic imine (C=N–C) groups is 1. The molecule has 1 aliphatic heterocycles. The third kappa shape index (κ3) is 4.63. The number of anilines is 1. The first-order chi connectivity index (χ1) is 11.8. The maximum absolute atomic E-state index is 11.6. The Bertz CT molecular complexity index is 547. The van der Waals surface area contributed by atoms with Gasteiger partial charge in [-0.15, -0.1) is 11.3 Å². The number of rotatable bonds is 6. The van der Waals surface area contributed by atoms with Gasteiger partial charge in [0.25, 0.3) is 0 Å². The number of hydrogen-bond donors (Lipinski definition) is 2. The van der Waals surface area contributed by atoms with E-state index in [0.29, 0.717) is 13.1 Å². The van der Waals surface area contributed by atoms with E-state index in [1.807, 2.05) is 0 Å². The molecule has 1 amide bonds. The van der Waals surface area contributed by atoms with Crippen LogP contribution in [0.3, 0.4) is 0 Å². The minimum atomic E-state index is 0.194. The highest BCUT2D eigenvalue weighted by atomic mass is 32.1. The predicted molar refractivity (Wildman–Crippen MR) is 99.8 cm³/mol. The summed E-state index contributed by atoms with van der Waals surface area (Å²) < 4.78 is 0. The lowest BCUT2D eigenvalue weighted by atomic mass is 10.3. The lowest BCUT2D eigenvalue weighted by molar-refractivity contribution is -0.122. The first-order valence-corrected chi connectivity index (χ1v) is 9.75. The molecule has 0 atom stereocenters. The van der Waals surface area contributed by atoms with Crippen molar-refractivity contribution in [3.63, 3.8) is 0 Å². The van der Waals surface area contributed by atoms with E-state index in [4.69, 9.17) is 0 Å². The quantitative estimate of drug-likeness (QED) is 0.463. The highest BCUT2D eigenvalue weighted by Crippen LogP contribution is 2.28. The number of nitrogens with one attached hydrogen (secondary N) is 2. The Balaban J connectivity index is 1.46. The lowest BCUT2D eigenvalue weighted by Gasteiger charge is -2.37. The van der Waals surface area contributed by atoms with Gasteiger partial charge in [-0.2, -0.15) is 0 Å². The lowest BCUT2D eigenvalue weighted by Crippen LogP contribution is -2.52. The predicted octanol–water partition coefficient (Wildman–Crippen LogP) is 1.36. The molecule has 2 heterocycles. The fraction of sp³-hybridized carbons (Fsp3) is 0.647. The molecule has 1 saturated carbocycles. The zero-order chi connectivity index (χ0) is 16.8. The second-order valence-corrected chi connectivity index (χ2v) is 7.15. The Morgan fingerprint density at radius 3 is 2.71 bits per heavy atom. The van der Waals surface area contributed by atoms with Crippen molar-refractivity contribution in [2.75, 3.05) is 50.7 Å². The molecule has 0 spiro atoms. The van der Waals surface area contributed by atoms with E-state index >= 15 is 0 Å². The number of guanidine groups is 1. The molecule has 1 aromatic heterocycles. The molecule has 2 N–H and O–H groups in total. The average Bonchev–Trinajstić information content (AvgIpc) is 3.32. The summed E-state index contributed by atoms with van der Waals surface area (Å²) in [7, 11) is 0. The molecule has 6 nitrogen and oxygen atoms in total. The zero-order valence-electron chi connectivity index (χ0n) is 14.3. The van der Waals surface area contributed by atoms with E-state index in [1.165, 1.54) is 5.00 Å². The first-order valence-electron chi connectivity index (χ1n) is 8.87. The van der Waals surface area contributed by atoms with Crippen LogP contribution in [0.4, 0.5) is 5.00 Å². The summed E-state index contributed by atoms with van der Waals surface area (Å²) in [4.78, 5) is 21.1. The zero-order valence-corrected chi connectivity index (χ0v) is 15.1. The van der Waals surface area contributed by atoms with E-state index in [0.717, 1.165) is 51.5 Å². The molecule has 1 aromatic rings. The molecule has 0 unspecified atom stereocenters. The van der Waals surface area contributed by atoms with Gasteiger partial charge in [-0.05, 0) is 37.3 Å². The van der Waals surface area contributed by atoms with Crippen LogP contribution in [-0.2, 0) is 4.79 Å². The van der Waals surface area contributed by atoms with Crippen LogP contribution < -0.4 is 15.5 Å². The number of thiophene rings is 1. The molecule has 2 fully saturated rings. The van der Waals surface area contributed by atoms with Crippen molar-refractivity contribution >= 4 is 28.2 Å². The standard InChI is InChI=1S/C17H27N5OS/c1-2-18-17(20-8-7-19-16(23)14-5-6-14)22-11-9-21(10-12-22)15-4-3-13-24-15/h3-4,13-14H,2,5-12H2,1H3,(H,18,20)(H,19,23). The second-order valence-electron chi connectivity index (χ2n) is 6.23. The smallest absolute Gasteiger partial charge is 0.223 e. The summed E-state index contributed by atoms with van der Waals surface area (Å²) in [6.45, 7) is 8.18. The van der Waals surface area contributed by atoms with Crippen LogP contribution in [0.15, 0.2) is 22.5 Å². The molecule has 3 rings (SSSR count). The van der Waals surface area contributed by atoms with Gasteiger partial charge < -0.3 is 20.4 Å². The van der Waals surface area contributed by atoms with Crippen LogP contribution in [0.1, 0.15) is 19.8 Å². The SMILES string of the molecule is CCNC(=NCCNC(=O)C1CC1)N1CCN(c2cccs2)CC1. The number of carbonyl (C=O) groups is 1. The molecule has 0 aromatic carbocycles. The topological polar surface area (TPSA) is 60.0 Å². The van der Waals surface area contributed by atoms with E-state index in [1.54, 1.807) is 11.3 Å². The van der Waals surface area contributed by atoms with Crippen LogP contribution >= 0.6 is 11.3 Å². The van der Waals surface area contributed by atoms with E-state index in [-0.39, 0.29) is 11.8 Å². The molecule has 0 radical (unpaired) electrons. The van der Waals surface area contributed by atoms with Crippen molar-refractivity contribution in [3.05, 3.63) is 17.5 Å². The Morgan fingerprint density at radius 1 is 1.29 bits per heavy atom. The number of carbonyl (C=O) groups excluding carboxylic acids is 1. The van der Waals surface area contributed by atoms with E-state index < -0.39 is 0 Å². The van der Waals surface area contributed by atoms with Gasteiger partial charge in [-0.3, -0.25) is 9.79 Å². The monoisotopic (exact) mass is 349 g/mol. The fourth-order valence-electron chi connectivity index (χ4n) is 2.85. The van der Waals surface area contributed by atoms with Crippen LogP contribution in [0, 0.1) is 5.92 Å². The summed E-state index contributed by atoms with van der Waals surface area (Å²) in [5.41, 5.74) is 0. The molecule has 1 saturated heterocycles. The summed E-state index contributed by atoms with van der Waals surface area (Å²) in [5.74, 6) is 1.43. The fourth-order valence-corrected chi connectivity index (χ4v) is 3.63. The van der Waals surface area contributed by atoms with Gasteiger partial charge in [0.15, 0.2) is 5.96 Å². The summed E-state index contributed by atoms with van der Waals surface area (Å²) in [6.07, 6.45) is 2.10. The Kier molecular flexibility index (Phi) is 5.96. The third-order valence-corrected chi connectivity index (χ3v) is 5.28. The minimum absolute atomic E-state index is 0.194. The number of hydrogen-bond acceptors (Lipinski definition) is 4. The molecular weight excluding hydrogens is 322 g/mol.